The van der Waals surface area contributed by atoms with Crippen LogP contribution in [0.1, 0.15) is 37.0 Å². The topological polar surface area (TPSA) is 62.2 Å². The lowest BCUT2D eigenvalue weighted by atomic mass is 9.90. The number of hydrogen-bond donors (Lipinski definition) is 2. The summed E-state index contributed by atoms with van der Waals surface area (Å²) in [6.45, 7) is 4.04. The maximum atomic E-state index is 12.5. The van der Waals surface area contributed by atoms with Gasteiger partial charge in [-0.3, -0.25) is 4.79 Å². The van der Waals surface area contributed by atoms with Crippen LogP contribution in [0.5, 0.6) is 0 Å². The summed E-state index contributed by atoms with van der Waals surface area (Å²) in [5.41, 5.74) is -4.97. The standard InChI is InChI=1S/C15H19F3N2O2S/c1-9(2)11(21)14(5-6-14)8-20-12(22)10-4-3-7-19-13(10)23-15(16,17)18/h3-4,7,9,11,21H,5-6,8H2,1-2H3,(H,20,22)/t11-/m1/s1. The molecule has 1 aromatic rings. The third-order valence-electron chi connectivity index (χ3n) is 3.98. The van der Waals surface area contributed by atoms with Gasteiger partial charge in [0, 0.05) is 29.9 Å². The second-order valence-corrected chi connectivity index (χ2v) is 7.19. The monoisotopic (exact) mass is 348 g/mol. The largest absolute Gasteiger partial charge is 0.447 e. The smallest absolute Gasteiger partial charge is 0.392 e. The predicted octanol–water partition coefficient (Wildman–Crippen LogP) is 3.22. The zero-order valence-electron chi connectivity index (χ0n) is 12.9. The molecule has 0 aliphatic heterocycles. The molecule has 4 nitrogen and oxygen atoms in total. The number of nitrogens with zero attached hydrogens (tertiary/aromatic N) is 1. The Morgan fingerprint density at radius 1 is 1.48 bits per heavy atom. The molecule has 1 aromatic heterocycles. The van der Waals surface area contributed by atoms with Crippen LogP contribution < -0.4 is 5.32 Å². The number of pyridine rings is 1. The quantitative estimate of drug-likeness (QED) is 0.775. The van der Waals surface area contributed by atoms with Crippen molar-refractivity contribution in [3.8, 4) is 0 Å². The first-order chi connectivity index (χ1) is 10.6. The van der Waals surface area contributed by atoms with Crippen LogP contribution in [0.3, 0.4) is 0 Å². The minimum absolute atomic E-state index is 0.0594. The van der Waals surface area contributed by atoms with E-state index >= 15 is 0 Å². The maximum absolute atomic E-state index is 12.5. The van der Waals surface area contributed by atoms with Gasteiger partial charge in [0.2, 0.25) is 0 Å². The predicted molar refractivity (Wildman–Crippen MR) is 81.0 cm³/mol. The number of hydrogen-bond acceptors (Lipinski definition) is 4. The van der Waals surface area contributed by atoms with Crippen molar-refractivity contribution in [3.05, 3.63) is 23.9 Å². The van der Waals surface area contributed by atoms with E-state index in [-0.39, 0.29) is 28.5 Å². The summed E-state index contributed by atoms with van der Waals surface area (Å²) < 4.78 is 37.6. The minimum atomic E-state index is -4.51. The lowest BCUT2D eigenvalue weighted by Crippen LogP contribution is -2.39. The van der Waals surface area contributed by atoms with Gasteiger partial charge in [0.25, 0.3) is 5.91 Å². The van der Waals surface area contributed by atoms with E-state index in [1.54, 1.807) is 0 Å². The zero-order valence-corrected chi connectivity index (χ0v) is 13.7. The van der Waals surface area contributed by atoms with Crippen LogP contribution in [0.4, 0.5) is 13.2 Å². The van der Waals surface area contributed by atoms with E-state index in [9.17, 15) is 23.1 Å². The van der Waals surface area contributed by atoms with Gasteiger partial charge in [0.15, 0.2) is 0 Å². The lowest BCUT2D eigenvalue weighted by Gasteiger charge is -2.25. The summed E-state index contributed by atoms with van der Waals surface area (Å²) in [7, 11) is 0. The minimum Gasteiger partial charge on any atom is -0.392 e. The number of rotatable bonds is 6. The number of alkyl halides is 3. The third kappa shape index (κ3) is 4.60. The Morgan fingerprint density at radius 2 is 2.13 bits per heavy atom. The molecular weight excluding hydrogens is 329 g/mol. The molecule has 1 amide bonds. The first-order valence-electron chi connectivity index (χ1n) is 7.32. The number of carbonyl (C=O) groups is 1. The molecule has 1 atom stereocenters. The van der Waals surface area contributed by atoms with Crippen molar-refractivity contribution < 1.29 is 23.1 Å². The third-order valence-corrected chi connectivity index (χ3v) is 4.73. The van der Waals surface area contributed by atoms with E-state index in [0.29, 0.717) is 0 Å². The van der Waals surface area contributed by atoms with E-state index in [0.717, 1.165) is 12.8 Å². The van der Waals surface area contributed by atoms with Crippen molar-refractivity contribution in [2.24, 2.45) is 11.3 Å². The summed E-state index contributed by atoms with van der Waals surface area (Å²) in [5, 5.41) is 12.5. The number of aliphatic hydroxyl groups excluding tert-OH is 1. The number of nitrogens with one attached hydrogen (secondary N) is 1. The molecule has 1 heterocycles. The van der Waals surface area contributed by atoms with Crippen molar-refractivity contribution in [2.45, 2.75) is 43.3 Å². The van der Waals surface area contributed by atoms with Crippen LogP contribution >= 0.6 is 11.8 Å². The van der Waals surface area contributed by atoms with Gasteiger partial charge in [0.1, 0.15) is 5.03 Å². The molecule has 1 fully saturated rings. The Balaban J connectivity index is 2.05. The van der Waals surface area contributed by atoms with Crippen LogP contribution in [-0.4, -0.2) is 34.2 Å². The average Bonchev–Trinajstić information content (AvgIpc) is 3.24. The summed E-state index contributed by atoms with van der Waals surface area (Å²) in [4.78, 5) is 15.8. The second kappa shape index (κ2) is 6.68. The molecule has 8 heteroatoms. The van der Waals surface area contributed by atoms with Gasteiger partial charge in [0.05, 0.1) is 11.7 Å². The number of halogens is 3. The molecule has 2 rings (SSSR count). The number of carbonyl (C=O) groups excluding carboxylic acids is 1. The second-order valence-electron chi connectivity index (χ2n) is 6.14. The Hall–Kier alpha value is -1.28. The highest BCUT2D eigenvalue weighted by Gasteiger charge is 2.49. The van der Waals surface area contributed by atoms with Crippen LogP contribution in [0.25, 0.3) is 0 Å². The molecule has 23 heavy (non-hydrogen) atoms. The highest BCUT2D eigenvalue weighted by atomic mass is 32.2. The fourth-order valence-corrected chi connectivity index (χ4v) is 3.15. The van der Waals surface area contributed by atoms with E-state index in [4.69, 9.17) is 0 Å². The average molecular weight is 348 g/mol. The molecule has 1 aliphatic rings. The molecule has 1 aliphatic carbocycles. The highest BCUT2D eigenvalue weighted by molar-refractivity contribution is 8.00. The Morgan fingerprint density at radius 3 is 2.65 bits per heavy atom. The first-order valence-corrected chi connectivity index (χ1v) is 8.13. The van der Waals surface area contributed by atoms with E-state index in [2.05, 4.69) is 10.3 Å². The zero-order chi connectivity index (χ0) is 17.3. The molecule has 0 radical (unpaired) electrons. The molecule has 0 spiro atoms. The van der Waals surface area contributed by atoms with Crippen LogP contribution in [-0.2, 0) is 0 Å². The normalized spacial score (nSPS) is 17.9. The summed E-state index contributed by atoms with van der Waals surface area (Å²) in [5.74, 6) is -0.545. The molecule has 2 N–H and O–H groups in total. The Bertz CT molecular complexity index is 574. The van der Waals surface area contributed by atoms with Gasteiger partial charge >= 0.3 is 5.51 Å². The Kier molecular flexibility index (Phi) is 5.25. The van der Waals surface area contributed by atoms with Crippen molar-refractivity contribution in [1.82, 2.24) is 10.3 Å². The van der Waals surface area contributed by atoms with Gasteiger partial charge < -0.3 is 10.4 Å². The SMILES string of the molecule is CC(C)[C@@H](O)C1(CNC(=O)c2cccnc2SC(F)(F)F)CC1. The Labute approximate surface area is 136 Å². The van der Waals surface area contributed by atoms with Gasteiger partial charge in [-0.05, 0) is 30.9 Å². The highest BCUT2D eigenvalue weighted by Crippen LogP contribution is 2.50. The summed E-state index contributed by atoms with van der Waals surface area (Å²) in [6.07, 6.45) is 2.27. The van der Waals surface area contributed by atoms with Gasteiger partial charge in [-0.15, -0.1) is 0 Å². The number of amides is 1. The molecule has 1 saturated carbocycles. The lowest BCUT2D eigenvalue weighted by molar-refractivity contribution is -0.0329. The molecule has 0 saturated heterocycles. The molecule has 0 aromatic carbocycles. The number of thioether (sulfide) groups is 1. The van der Waals surface area contributed by atoms with E-state index in [1.165, 1.54) is 18.3 Å². The molecule has 0 unspecified atom stereocenters. The fourth-order valence-electron chi connectivity index (χ4n) is 2.55. The van der Waals surface area contributed by atoms with E-state index < -0.39 is 29.3 Å². The van der Waals surface area contributed by atoms with Crippen molar-refractivity contribution in [1.29, 1.82) is 0 Å². The molecule has 128 valence electrons. The van der Waals surface area contributed by atoms with Crippen molar-refractivity contribution in [3.63, 3.8) is 0 Å². The van der Waals surface area contributed by atoms with Crippen LogP contribution in [0.15, 0.2) is 23.4 Å². The summed E-state index contributed by atoms with van der Waals surface area (Å²) in [6, 6.07) is 2.74. The van der Waals surface area contributed by atoms with Crippen LogP contribution in [0, 0.1) is 11.3 Å². The fraction of sp³-hybridized carbons (Fsp3) is 0.600. The van der Waals surface area contributed by atoms with Crippen molar-refractivity contribution in [2.75, 3.05) is 6.54 Å². The van der Waals surface area contributed by atoms with Crippen LogP contribution in [0.2, 0.25) is 0 Å². The molecule has 0 bridgehead atoms. The van der Waals surface area contributed by atoms with Crippen molar-refractivity contribution >= 4 is 17.7 Å². The van der Waals surface area contributed by atoms with Gasteiger partial charge in [-0.25, -0.2) is 4.98 Å². The van der Waals surface area contributed by atoms with E-state index in [1.807, 2.05) is 13.8 Å². The van der Waals surface area contributed by atoms with Gasteiger partial charge in [-0.1, -0.05) is 13.8 Å². The number of aliphatic hydroxyl groups is 1. The first kappa shape index (κ1) is 18.1. The van der Waals surface area contributed by atoms with Gasteiger partial charge in [-0.2, -0.15) is 13.2 Å². The molecular formula is C15H19F3N2O2S. The maximum Gasteiger partial charge on any atom is 0.447 e. The summed E-state index contributed by atoms with van der Waals surface area (Å²) >= 11 is -0.405. The number of aromatic nitrogens is 1.